The molecule has 0 N–H and O–H groups in total. The third kappa shape index (κ3) is 2.61. The number of nitro benzene ring substituents is 1. The molecule has 0 aliphatic rings. The van der Waals surface area contributed by atoms with Crippen molar-refractivity contribution in [3.05, 3.63) is 44.6 Å². The van der Waals surface area contributed by atoms with E-state index in [-0.39, 0.29) is 6.07 Å². The Morgan fingerprint density at radius 3 is 2.32 bits per heavy atom. The lowest BCUT2D eigenvalue weighted by atomic mass is 10.1. The number of nitro groups is 1. The fraction of sp³-hybridized carbons (Fsp3) is 0.182. The summed E-state index contributed by atoms with van der Waals surface area (Å²) < 4.78 is 65.8. The Hall–Kier alpha value is -2.23. The van der Waals surface area contributed by atoms with E-state index in [4.69, 9.17) is 11.6 Å². The molecule has 0 spiro atoms. The van der Waals surface area contributed by atoms with Gasteiger partial charge in [-0.1, -0.05) is 11.6 Å². The number of hydrogen-bond donors (Lipinski definition) is 0. The van der Waals surface area contributed by atoms with Gasteiger partial charge in [-0.25, -0.2) is 4.39 Å². The second-order valence-corrected chi connectivity index (χ2v) is 4.55. The van der Waals surface area contributed by atoms with Gasteiger partial charge in [-0.05, 0) is 0 Å². The lowest BCUT2D eigenvalue weighted by molar-refractivity contribution is -0.387. The summed E-state index contributed by atoms with van der Waals surface area (Å²) in [5.41, 5.74) is -3.83. The van der Waals surface area contributed by atoms with Crippen LogP contribution >= 0.6 is 11.6 Å². The Morgan fingerprint density at radius 2 is 1.86 bits per heavy atom. The van der Waals surface area contributed by atoms with Crippen molar-refractivity contribution in [3.8, 4) is 11.3 Å². The monoisotopic (exact) mass is 341 g/mol. The Labute approximate surface area is 124 Å². The van der Waals surface area contributed by atoms with Crippen molar-refractivity contribution in [1.29, 1.82) is 0 Å². The van der Waals surface area contributed by atoms with Crippen LogP contribution in [0.25, 0.3) is 11.3 Å². The standard InChI is InChI=1S/C11H5ClF5N3O2/c1-19-10(11(15,16)17)8(12)9(18-19)4-2-7(20(21)22)6(14)3-5(4)13/h2-3H,1H3. The Balaban J connectivity index is 2.73. The Kier molecular flexibility index (Phi) is 3.81. The van der Waals surface area contributed by atoms with Crippen LogP contribution in [-0.4, -0.2) is 14.7 Å². The highest BCUT2D eigenvalue weighted by Gasteiger charge is 2.39. The molecule has 1 aromatic carbocycles. The minimum atomic E-state index is -4.86. The average Bonchev–Trinajstić information content (AvgIpc) is 2.63. The summed E-state index contributed by atoms with van der Waals surface area (Å²) in [6, 6.07) is 0.630. The predicted octanol–water partition coefficient (Wildman–Crippen LogP) is 3.95. The van der Waals surface area contributed by atoms with Crippen LogP contribution in [0, 0.1) is 21.7 Å². The quantitative estimate of drug-likeness (QED) is 0.472. The molecule has 5 nitrogen and oxygen atoms in total. The van der Waals surface area contributed by atoms with Gasteiger partial charge in [-0.3, -0.25) is 14.8 Å². The third-order valence-electron chi connectivity index (χ3n) is 2.75. The minimum absolute atomic E-state index is 0.186. The average molecular weight is 342 g/mol. The molecule has 1 heterocycles. The van der Waals surface area contributed by atoms with Crippen molar-refractivity contribution in [3.63, 3.8) is 0 Å². The molecule has 2 rings (SSSR count). The molecule has 11 heteroatoms. The molecular weight excluding hydrogens is 337 g/mol. The molecule has 0 amide bonds. The number of benzene rings is 1. The second kappa shape index (κ2) is 5.20. The first-order valence-electron chi connectivity index (χ1n) is 5.47. The van der Waals surface area contributed by atoms with E-state index in [1.54, 1.807) is 0 Å². The van der Waals surface area contributed by atoms with Gasteiger partial charge in [-0.15, -0.1) is 0 Å². The largest absolute Gasteiger partial charge is 0.434 e. The van der Waals surface area contributed by atoms with Gasteiger partial charge < -0.3 is 0 Å². The van der Waals surface area contributed by atoms with E-state index in [0.29, 0.717) is 10.7 Å². The number of nitrogens with zero attached hydrogens (tertiary/aromatic N) is 3. The maximum absolute atomic E-state index is 13.7. The normalized spacial score (nSPS) is 11.8. The van der Waals surface area contributed by atoms with Crippen molar-refractivity contribution in [2.24, 2.45) is 7.05 Å². The van der Waals surface area contributed by atoms with E-state index in [1.807, 2.05) is 0 Å². The summed E-state index contributed by atoms with van der Waals surface area (Å²) in [4.78, 5) is 9.50. The Bertz CT molecular complexity index is 772. The van der Waals surface area contributed by atoms with Crippen molar-refractivity contribution in [2.75, 3.05) is 0 Å². The van der Waals surface area contributed by atoms with Crippen molar-refractivity contribution >= 4 is 17.3 Å². The summed E-state index contributed by atoms with van der Waals surface area (Å²) in [7, 11) is 0.925. The van der Waals surface area contributed by atoms with Gasteiger partial charge in [0.15, 0.2) is 5.69 Å². The molecule has 1 aromatic heterocycles. The molecule has 0 radical (unpaired) electrons. The summed E-state index contributed by atoms with van der Waals surface area (Å²) in [5, 5.41) is 13.1. The molecule has 0 aliphatic heterocycles. The molecule has 0 aliphatic carbocycles. The number of halogens is 6. The van der Waals surface area contributed by atoms with Crippen LogP contribution in [0.3, 0.4) is 0 Å². The number of alkyl halides is 3. The summed E-state index contributed by atoms with van der Waals surface area (Å²) in [6.07, 6.45) is -4.86. The maximum atomic E-state index is 13.7. The van der Waals surface area contributed by atoms with E-state index in [0.717, 1.165) is 7.05 Å². The SMILES string of the molecule is Cn1nc(-c2cc([N+](=O)[O-])c(F)cc2F)c(Cl)c1C(F)(F)F. The smallest absolute Gasteiger partial charge is 0.262 e. The highest BCUT2D eigenvalue weighted by Crippen LogP contribution is 2.41. The first-order chi connectivity index (χ1) is 10.0. The van der Waals surface area contributed by atoms with E-state index in [1.165, 1.54) is 0 Å². The summed E-state index contributed by atoms with van der Waals surface area (Å²) in [6.45, 7) is 0. The lowest BCUT2D eigenvalue weighted by Gasteiger charge is -2.06. The van der Waals surface area contributed by atoms with Gasteiger partial charge in [0.05, 0.1) is 9.95 Å². The van der Waals surface area contributed by atoms with Gasteiger partial charge in [-0.2, -0.15) is 22.7 Å². The Morgan fingerprint density at radius 1 is 1.27 bits per heavy atom. The van der Waals surface area contributed by atoms with Crippen LogP contribution in [0.5, 0.6) is 0 Å². The van der Waals surface area contributed by atoms with Crippen LogP contribution in [0.4, 0.5) is 27.6 Å². The number of aryl methyl sites for hydroxylation is 1. The van der Waals surface area contributed by atoms with Gasteiger partial charge in [0.2, 0.25) is 5.82 Å². The molecule has 22 heavy (non-hydrogen) atoms. The first-order valence-corrected chi connectivity index (χ1v) is 5.85. The minimum Gasteiger partial charge on any atom is -0.262 e. The van der Waals surface area contributed by atoms with Gasteiger partial charge in [0, 0.05) is 24.7 Å². The van der Waals surface area contributed by atoms with Gasteiger partial charge in [0.25, 0.3) is 0 Å². The number of aromatic nitrogens is 2. The van der Waals surface area contributed by atoms with E-state index in [9.17, 15) is 32.1 Å². The maximum Gasteiger partial charge on any atom is 0.434 e. The molecular formula is C11H5ClF5N3O2. The summed E-state index contributed by atoms with van der Waals surface area (Å²) in [5.74, 6) is -2.79. The highest BCUT2D eigenvalue weighted by atomic mass is 35.5. The van der Waals surface area contributed by atoms with Crippen LogP contribution < -0.4 is 0 Å². The fourth-order valence-electron chi connectivity index (χ4n) is 1.84. The third-order valence-corrected chi connectivity index (χ3v) is 3.10. The highest BCUT2D eigenvalue weighted by molar-refractivity contribution is 6.33. The van der Waals surface area contributed by atoms with E-state index < -0.39 is 50.4 Å². The molecule has 0 unspecified atom stereocenters. The second-order valence-electron chi connectivity index (χ2n) is 4.17. The zero-order valence-electron chi connectivity index (χ0n) is 10.6. The van der Waals surface area contributed by atoms with Crippen molar-refractivity contribution in [1.82, 2.24) is 9.78 Å². The lowest BCUT2D eigenvalue weighted by Crippen LogP contribution is -2.12. The molecule has 118 valence electrons. The van der Waals surface area contributed by atoms with Crippen LogP contribution in [0.2, 0.25) is 5.02 Å². The van der Waals surface area contributed by atoms with Crippen LogP contribution in [-0.2, 0) is 13.2 Å². The molecule has 0 saturated heterocycles. The predicted molar refractivity (Wildman–Crippen MR) is 65.2 cm³/mol. The molecule has 0 fully saturated rings. The molecule has 0 bridgehead atoms. The number of hydrogen-bond acceptors (Lipinski definition) is 3. The van der Waals surface area contributed by atoms with Gasteiger partial charge >= 0.3 is 11.9 Å². The molecule has 0 atom stereocenters. The van der Waals surface area contributed by atoms with Crippen LogP contribution in [0.15, 0.2) is 12.1 Å². The topological polar surface area (TPSA) is 61.0 Å². The van der Waals surface area contributed by atoms with Crippen molar-refractivity contribution in [2.45, 2.75) is 6.18 Å². The molecule has 0 saturated carbocycles. The number of rotatable bonds is 2. The fourth-order valence-corrected chi connectivity index (χ4v) is 2.21. The molecule has 2 aromatic rings. The zero-order valence-corrected chi connectivity index (χ0v) is 11.3. The first kappa shape index (κ1) is 16.1. The van der Waals surface area contributed by atoms with E-state index >= 15 is 0 Å². The van der Waals surface area contributed by atoms with Crippen LogP contribution in [0.1, 0.15) is 5.69 Å². The van der Waals surface area contributed by atoms with Crippen molar-refractivity contribution < 1.29 is 26.9 Å². The van der Waals surface area contributed by atoms with Gasteiger partial charge in [0.1, 0.15) is 11.5 Å². The summed E-state index contributed by atoms with van der Waals surface area (Å²) >= 11 is 5.56. The van der Waals surface area contributed by atoms with E-state index in [2.05, 4.69) is 5.10 Å². The zero-order chi connectivity index (χ0) is 16.8.